The van der Waals surface area contributed by atoms with Gasteiger partial charge in [0.25, 0.3) is 0 Å². The molecule has 19 heavy (non-hydrogen) atoms. The molecule has 0 radical (unpaired) electrons. The summed E-state index contributed by atoms with van der Waals surface area (Å²) in [5, 5.41) is 12.1. The molecule has 1 fully saturated rings. The Morgan fingerprint density at radius 1 is 1.42 bits per heavy atom. The van der Waals surface area contributed by atoms with Crippen LogP contribution in [0.3, 0.4) is 0 Å². The Labute approximate surface area is 115 Å². The largest absolute Gasteiger partial charge is 0.478 e. The van der Waals surface area contributed by atoms with Gasteiger partial charge in [-0.2, -0.15) is 0 Å². The van der Waals surface area contributed by atoms with E-state index >= 15 is 0 Å². The van der Waals surface area contributed by atoms with E-state index in [9.17, 15) is 13.2 Å². The minimum absolute atomic E-state index is 0.0150. The van der Waals surface area contributed by atoms with Crippen molar-refractivity contribution in [3.63, 3.8) is 0 Å². The van der Waals surface area contributed by atoms with E-state index in [0.717, 1.165) is 0 Å². The van der Waals surface area contributed by atoms with Crippen molar-refractivity contribution in [3.05, 3.63) is 22.8 Å². The summed E-state index contributed by atoms with van der Waals surface area (Å²) < 4.78 is 22.6. The van der Waals surface area contributed by atoms with Crippen LogP contribution in [0.15, 0.2) is 12.3 Å². The Morgan fingerprint density at radius 2 is 2.05 bits per heavy atom. The van der Waals surface area contributed by atoms with Crippen LogP contribution in [0.5, 0.6) is 0 Å². The van der Waals surface area contributed by atoms with Crippen LogP contribution in [-0.2, 0) is 9.84 Å². The summed E-state index contributed by atoms with van der Waals surface area (Å²) in [5.41, 5.74) is -0.0254. The Bertz CT molecular complexity index is 589. The average Bonchev–Trinajstić information content (AvgIpc) is 2.34. The number of sulfone groups is 1. The monoisotopic (exact) mass is 304 g/mol. The van der Waals surface area contributed by atoms with Crippen LogP contribution >= 0.6 is 11.6 Å². The number of nitrogens with zero attached hydrogens (tertiary/aromatic N) is 1. The number of anilines is 1. The number of hydrogen-bond donors (Lipinski definition) is 2. The molecule has 6 nitrogen and oxygen atoms in total. The summed E-state index contributed by atoms with van der Waals surface area (Å²) in [6, 6.07) is 1.34. The molecular formula is C11H13ClN2O4S. The highest BCUT2D eigenvalue weighted by Crippen LogP contribution is 2.21. The van der Waals surface area contributed by atoms with Crippen LogP contribution in [0, 0.1) is 0 Å². The lowest BCUT2D eigenvalue weighted by Gasteiger charge is -2.23. The lowest BCUT2D eigenvalue weighted by molar-refractivity contribution is 0.0697. The Morgan fingerprint density at radius 3 is 2.63 bits per heavy atom. The molecule has 0 bridgehead atoms. The van der Waals surface area contributed by atoms with Gasteiger partial charge in [0.1, 0.15) is 15.7 Å². The molecule has 8 heteroatoms. The average molecular weight is 305 g/mol. The summed E-state index contributed by atoms with van der Waals surface area (Å²) in [5.74, 6) is -0.443. The molecule has 1 aliphatic rings. The fraction of sp³-hybridized carbons (Fsp3) is 0.455. The van der Waals surface area contributed by atoms with Gasteiger partial charge in [-0.25, -0.2) is 18.2 Å². The zero-order chi connectivity index (χ0) is 14.0. The van der Waals surface area contributed by atoms with Crippen molar-refractivity contribution in [1.82, 2.24) is 4.98 Å². The SMILES string of the molecule is O=C(O)c1cc(NC2CCS(=O)(=O)CC2)ncc1Cl. The number of hydrogen-bond acceptors (Lipinski definition) is 5. The highest BCUT2D eigenvalue weighted by molar-refractivity contribution is 7.91. The summed E-state index contributed by atoms with van der Waals surface area (Å²) in [6.45, 7) is 0. The van der Waals surface area contributed by atoms with Gasteiger partial charge >= 0.3 is 5.97 Å². The number of aromatic nitrogens is 1. The second-order valence-corrected chi connectivity index (χ2v) is 7.14. The van der Waals surface area contributed by atoms with Gasteiger partial charge in [-0.05, 0) is 18.9 Å². The first-order chi connectivity index (χ1) is 8.87. The number of nitrogens with one attached hydrogen (secondary N) is 1. The van der Waals surface area contributed by atoms with Crippen molar-refractivity contribution in [2.45, 2.75) is 18.9 Å². The first-order valence-corrected chi connectivity index (χ1v) is 7.93. The van der Waals surface area contributed by atoms with Crippen LogP contribution in [0.25, 0.3) is 0 Å². The van der Waals surface area contributed by atoms with Crippen molar-refractivity contribution in [3.8, 4) is 0 Å². The van der Waals surface area contributed by atoms with Crippen molar-refractivity contribution < 1.29 is 18.3 Å². The second kappa shape index (κ2) is 5.34. The molecule has 2 heterocycles. The standard InChI is InChI=1S/C11H13ClN2O4S/c12-9-6-13-10(5-8(9)11(15)16)14-7-1-3-19(17,18)4-2-7/h5-7H,1-4H2,(H,13,14)(H,15,16). The Balaban J connectivity index is 2.08. The third-order valence-electron chi connectivity index (χ3n) is 2.99. The lowest BCUT2D eigenvalue weighted by Crippen LogP contribution is -2.32. The number of carbonyl (C=O) groups is 1. The maximum atomic E-state index is 11.3. The minimum atomic E-state index is -2.91. The summed E-state index contributed by atoms with van der Waals surface area (Å²) in [4.78, 5) is 14.9. The van der Waals surface area contributed by atoms with E-state index in [2.05, 4.69) is 10.3 Å². The normalized spacial score (nSPS) is 19.0. The van der Waals surface area contributed by atoms with Gasteiger partial charge in [-0.1, -0.05) is 11.6 Å². The van der Waals surface area contributed by atoms with Gasteiger partial charge in [0.15, 0.2) is 0 Å². The molecule has 1 aromatic heterocycles. The molecule has 0 aromatic carbocycles. The van der Waals surface area contributed by atoms with Gasteiger partial charge in [0.2, 0.25) is 0 Å². The highest BCUT2D eigenvalue weighted by atomic mass is 35.5. The number of halogens is 1. The third kappa shape index (κ3) is 3.57. The van der Waals surface area contributed by atoms with Crippen LogP contribution in [0.2, 0.25) is 5.02 Å². The van der Waals surface area contributed by atoms with Crippen LogP contribution in [-0.4, -0.2) is 42.0 Å². The number of carboxylic acids is 1. The fourth-order valence-electron chi connectivity index (χ4n) is 1.93. The highest BCUT2D eigenvalue weighted by Gasteiger charge is 2.24. The molecule has 104 valence electrons. The summed E-state index contributed by atoms with van der Waals surface area (Å²) >= 11 is 5.72. The Hall–Kier alpha value is -1.34. The van der Waals surface area contributed by atoms with Gasteiger partial charge in [-0.3, -0.25) is 0 Å². The van der Waals surface area contributed by atoms with Gasteiger partial charge in [0, 0.05) is 12.2 Å². The molecule has 1 aliphatic heterocycles. The zero-order valence-corrected chi connectivity index (χ0v) is 11.5. The van der Waals surface area contributed by atoms with E-state index in [1.165, 1.54) is 12.3 Å². The van der Waals surface area contributed by atoms with E-state index in [1.54, 1.807) is 0 Å². The van der Waals surface area contributed by atoms with Crippen LogP contribution in [0.1, 0.15) is 23.2 Å². The number of pyridine rings is 1. The van der Waals surface area contributed by atoms with E-state index in [4.69, 9.17) is 16.7 Å². The predicted octanol–water partition coefficient (Wildman–Crippen LogP) is 1.42. The minimum Gasteiger partial charge on any atom is -0.478 e. The maximum absolute atomic E-state index is 11.3. The molecule has 0 atom stereocenters. The second-order valence-electron chi connectivity index (χ2n) is 4.42. The topological polar surface area (TPSA) is 96.4 Å². The third-order valence-corrected chi connectivity index (χ3v) is 5.01. The van der Waals surface area contributed by atoms with Gasteiger partial charge in [0.05, 0.1) is 22.1 Å². The van der Waals surface area contributed by atoms with Crippen LogP contribution < -0.4 is 5.32 Å². The molecule has 1 aromatic rings. The van der Waals surface area contributed by atoms with Gasteiger partial charge < -0.3 is 10.4 Å². The first kappa shape index (κ1) is 14.1. The van der Waals surface area contributed by atoms with E-state index in [0.29, 0.717) is 18.7 Å². The number of carboxylic acid groups (broad SMARTS) is 1. The van der Waals surface area contributed by atoms with Crippen LogP contribution in [0.4, 0.5) is 5.82 Å². The molecule has 0 aliphatic carbocycles. The molecule has 2 rings (SSSR count). The summed E-state index contributed by atoms with van der Waals surface area (Å²) in [6.07, 6.45) is 2.26. The van der Waals surface area contributed by atoms with Gasteiger partial charge in [-0.15, -0.1) is 0 Å². The molecule has 0 spiro atoms. The number of aromatic carboxylic acids is 1. The quantitative estimate of drug-likeness (QED) is 0.876. The fourth-order valence-corrected chi connectivity index (χ4v) is 3.60. The maximum Gasteiger partial charge on any atom is 0.337 e. The predicted molar refractivity (Wildman–Crippen MR) is 71.5 cm³/mol. The molecule has 0 unspecified atom stereocenters. The molecule has 0 saturated carbocycles. The first-order valence-electron chi connectivity index (χ1n) is 5.73. The molecule has 2 N–H and O–H groups in total. The van der Waals surface area contributed by atoms with E-state index < -0.39 is 15.8 Å². The Kier molecular flexibility index (Phi) is 3.96. The van der Waals surface area contributed by atoms with Crippen molar-refractivity contribution in [1.29, 1.82) is 0 Å². The zero-order valence-electron chi connectivity index (χ0n) is 9.97. The molecule has 1 saturated heterocycles. The van der Waals surface area contributed by atoms with E-state index in [-0.39, 0.29) is 28.1 Å². The lowest BCUT2D eigenvalue weighted by atomic mass is 10.1. The number of rotatable bonds is 3. The smallest absolute Gasteiger partial charge is 0.337 e. The van der Waals surface area contributed by atoms with Crippen molar-refractivity contribution >= 4 is 33.2 Å². The summed E-state index contributed by atoms with van der Waals surface area (Å²) in [7, 11) is -2.91. The van der Waals surface area contributed by atoms with Crippen molar-refractivity contribution in [2.75, 3.05) is 16.8 Å². The molecular weight excluding hydrogens is 292 g/mol. The van der Waals surface area contributed by atoms with E-state index in [1.807, 2.05) is 0 Å². The van der Waals surface area contributed by atoms with Crippen molar-refractivity contribution in [2.24, 2.45) is 0 Å². The molecule has 0 amide bonds.